The van der Waals surface area contributed by atoms with Crippen LogP contribution in [-0.4, -0.2) is 52.5 Å². The molecule has 3 amide bonds. The number of piperidine rings is 1. The van der Waals surface area contributed by atoms with E-state index in [1.165, 1.54) is 29.5 Å². The van der Waals surface area contributed by atoms with E-state index in [9.17, 15) is 18.8 Å². The summed E-state index contributed by atoms with van der Waals surface area (Å²) in [5.41, 5.74) is 0.709. The zero-order valence-electron chi connectivity index (χ0n) is 18.7. The number of likely N-dealkylation sites (tertiary alicyclic amines) is 1. The average molecular weight is 516 g/mol. The van der Waals surface area contributed by atoms with Gasteiger partial charge in [-0.3, -0.25) is 14.4 Å². The van der Waals surface area contributed by atoms with Crippen LogP contribution < -0.4 is 10.6 Å². The van der Waals surface area contributed by atoms with Gasteiger partial charge >= 0.3 is 0 Å². The topological polar surface area (TPSA) is 104 Å². The fraction of sp³-hybridized carbons (Fsp3) is 0.292. The van der Waals surface area contributed by atoms with Crippen LogP contribution in [0.15, 0.2) is 48.5 Å². The Morgan fingerprint density at radius 3 is 2.60 bits per heavy atom. The van der Waals surface area contributed by atoms with Gasteiger partial charge in [0.05, 0.1) is 10.6 Å². The summed E-state index contributed by atoms with van der Waals surface area (Å²) in [6.45, 7) is 1.18. The van der Waals surface area contributed by atoms with Gasteiger partial charge in [-0.15, -0.1) is 10.2 Å². The highest BCUT2D eigenvalue weighted by molar-refractivity contribution is 7.15. The van der Waals surface area contributed by atoms with E-state index in [-0.39, 0.29) is 23.6 Å². The predicted molar refractivity (Wildman–Crippen MR) is 131 cm³/mol. The van der Waals surface area contributed by atoms with Gasteiger partial charge in [0.15, 0.2) is 0 Å². The van der Waals surface area contributed by atoms with Gasteiger partial charge in [0, 0.05) is 37.5 Å². The molecule has 1 saturated heterocycles. The Morgan fingerprint density at radius 1 is 1.09 bits per heavy atom. The van der Waals surface area contributed by atoms with Crippen LogP contribution in [0.3, 0.4) is 0 Å². The molecule has 0 spiro atoms. The van der Waals surface area contributed by atoms with Crippen molar-refractivity contribution in [3.63, 3.8) is 0 Å². The normalized spacial score (nSPS) is 13.9. The maximum Gasteiger partial charge on any atom is 0.253 e. The number of nitrogens with one attached hydrogen (secondary N) is 2. The fourth-order valence-corrected chi connectivity index (χ4v) is 4.75. The molecular formula is C24H23ClFN5O3S. The molecule has 1 aliphatic heterocycles. The van der Waals surface area contributed by atoms with Crippen LogP contribution >= 0.6 is 22.9 Å². The van der Waals surface area contributed by atoms with Gasteiger partial charge in [-0.25, -0.2) is 4.39 Å². The van der Waals surface area contributed by atoms with E-state index in [0.717, 1.165) is 0 Å². The first-order chi connectivity index (χ1) is 16.9. The molecule has 0 saturated carbocycles. The Bertz CT molecular complexity index is 1230. The van der Waals surface area contributed by atoms with Crippen LogP contribution in [0.5, 0.6) is 0 Å². The lowest BCUT2D eigenvalue weighted by Crippen LogP contribution is -2.41. The molecule has 1 fully saturated rings. The zero-order chi connectivity index (χ0) is 24.8. The molecule has 2 N–H and O–H groups in total. The summed E-state index contributed by atoms with van der Waals surface area (Å²) in [5.74, 6) is -1.38. The number of rotatable bonds is 7. The summed E-state index contributed by atoms with van der Waals surface area (Å²) in [7, 11) is 0. The van der Waals surface area contributed by atoms with E-state index in [1.807, 2.05) is 0 Å². The Morgan fingerprint density at radius 2 is 1.86 bits per heavy atom. The number of anilines is 1. The summed E-state index contributed by atoms with van der Waals surface area (Å²) in [5, 5.41) is 15.1. The van der Waals surface area contributed by atoms with E-state index in [0.29, 0.717) is 65.2 Å². The average Bonchev–Trinajstić information content (AvgIpc) is 3.31. The van der Waals surface area contributed by atoms with Crippen LogP contribution in [0.2, 0.25) is 5.02 Å². The molecule has 2 heterocycles. The van der Waals surface area contributed by atoms with Crippen molar-refractivity contribution in [2.24, 2.45) is 5.92 Å². The van der Waals surface area contributed by atoms with Crippen molar-refractivity contribution in [3.05, 3.63) is 75.5 Å². The molecule has 2 aromatic carbocycles. The number of hydrogen-bond donors (Lipinski definition) is 2. The van der Waals surface area contributed by atoms with Crippen molar-refractivity contribution >= 4 is 45.8 Å². The fourth-order valence-electron chi connectivity index (χ4n) is 3.78. The first-order valence-corrected chi connectivity index (χ1v) is 12.3. The van der Waals surface area contributed by atoms with Crippen molar-refractivity contribution in [1.82, 2.24) is 20.4 Å². The third kappa shape index (κ3) is 6.40. The Balaban J connectivity index is 1.22. The molecule has 182 valence electrons. The third-order valence-electron chi connectivity index (χ3n) is 5.66. The number of nitrogens with zero attached hydrogens (tertiary/aromatic N) is 3. The zero-order valence-corrected chi connectivity index (χ0v) is 20.2. The lowest BCUT2D eigenvalue weighted by Gasteiger charge is -2.31. The number of carbonyl (C=O) groups excluding carboxylic acids is 3. The standard InChI is InChI=1S/C24H23ClFN5O3S/c25-19-7-2-1-6-18(19)22(33)27-11-8-20-29-30-24(35-20)28-21(32)15-9-12-31(13-10-15)23(34)16-4-3-5-17(26)14-16/h1-7,14-15H,8-13H2,(H,27,33)(H,28,30,32). The van der Waals surface area contributed by atoms with E-state index >= 15 is 0 Å². The molecule has 3 aromatic rings. The minimum atomic E-state index is -0.454. The second-order valence-corrected chi connectivity index (χ2v) is 9.52. The van der Waals surface area contributed by atoms with Crippen molar-refractivity contribution in [1.29, 1.82) is 0 Å². The van der Waals surface area contributed by atoms with Crippen molar-refractivity contribution in [2.75, 3.05) is 25.0 Å². The molecule has 8 nitrogen and oxygen atoms in total. The van der Waals surface area contributed by atoms with Crippen LogP contribution in [0.4, 0.5) is 9.52 Å². The van der Waals surface area contributed by atoms with Crippen LogP contribution in [0.1, 0.15) is 38.6 Å². The number of hydrogen-bond acceptors (Lipinski definition) is 6. The van der Waals surface area contributed by atoms with Crippen LogP contribution in [0, 0.1) is 11.7 Å². The van der Waals surface area contributed by atoms with Crippen LogP contribution in [-0.2, 0) is 11.2 Å². The Hall–Kier alpha value is -3.37. The maximum absolute atomic E-state index is 13.4. The summed E-state index contributed by atoms with van der Waals surface area (Å²) in [6.07, 6.45) is 1.48. The molecule has 4 rings (SSSR count). The first-order valence-electron chi connectivity index (χ1n) is 11.1. The predicted octanol–water partition coefficient (Wildman–Crippen LogP) is 3.79. The van der Waals surface area contributed by atoms with Gasteiger partial charge in [0.25, 0.3) is 11.8 Å². The van der Waals surface area contributed by atoms with Crippen molar-refractivity contribution in [3.8, 4) is 0 Å². The number of aromatic nitrogens is 2. The molecule has 0 unspecified atom stereocenters. The van der Waals surface area contributed by atoms with E-state index in [4.69, 9.17) is 11.6 Å². The van der Waals surface area contributed by atoms with Gasteiger partial charge in [0.1, 0.15) is 10.8 Å². The molecule has 11 heteroatoms. The highest BCUT2D eigenvalue weighted by Gasteiger charge is 2.28. The SMILES string of the molecule is O=C(NCCc1nnc(NC(=O)C2CCN(C(=O)c3cccc(F)c3)CC2)s1)c1ccccc1Cl. The lowest BCUT2D eigenvalue weighted by molar-refractivity contribution is -0.121. The molecule has 1 aromatic heterocycles. The summed E-state index contributed by atoms with van der Waals surface area (Å²) >= 11 is 7.28. The smallest absolute Gasteiger partial charge is 0.253 e. The third-order valence-corrected chi connectivity index (χ3v) is 6.89. The Labute approximate surface area is 210 Å². The quantitative estimate of drug-likeness (QED) is 0.498. The second kappa shape index (κ2) is 11.4. The molecular weight excluding hydrogens is 493 g/mol. The van der Waals surface area contributed by atoms with Gasteiger partial charge in [-0.05, 0) is 43.2 Å². The van der Waals surface area contributed by atoms with Crippen molar-refractivity contribution < 1.29 is 18.8 Å². The Kier molecular flexibility index (Phi) is 8.04. The molecule has 0 atom stereocenters. The molecule has 0 aliphatic carbocycles. The largest absolute Gasteiger partial charge is 0.352 e. The van der Waals surface area contributed by atoms with Gasteiger partial charge in [-0.1, -0.05) is 41.1 Å². The summed E-state index contributed by atoms with van der Waals surface area (Å²) < 4.78 is 13.4. The number of carbonyl (C=O) groups is 3. The molecule has 0 radical (unpaired) electrons. The minimum absolute atomic E-state index is 0.169. The van der Waals surface area contributed by atoms with Gasteiger partial charge in [-0.2, -0.15) is 0 Å². The molecule has 35 heavy (non-hydrogen) atoms. The van der Waals surface area contributed by atoms with E-state index in [2.05, 4.69) is 20.8 Å². The second-order valence-electron chi connectivity index (χ2n) is 8.05. The van der Waals surface area contributed by atoms with E-state index < -0.39 is 5.82 Å². The van der Waals surface area contributed by atoms with Gasteiger partial charge in [0.2, 0.25) is 11.0 Å². The maximum atomic E-state index is 13.4. The number of amides is 3. The van der Waals surface area contributed by atoms with E-state index in [1.54, 1.807) is 35.2 Å². The molecule has 0 bridgehead atoms. The van der Waals surface area contributed by atoms with Crippen LogP contribution in [0.25, 0.3) is 0 Å². The van der Waals surface area contributed by atoms with Gasteiger partial charge < -0.3 is 15.5 Å². The number of halogens is 2. The minimum Gasteiger partial charge on any atom is -0.352 e. The highest BCUT2D eigenvalue weighted by Crippen LogP contribution is 2.23. The highest BCUT2D eigenvalue weighted by atomic mass is 35.5. The van der Waals surface area contributed by atoms with Crippen molar-refractivity contribution in [2.45, 2.75) is 19.3 Å². The first kappa shape index (κ1) is 24.7. The number of benzene rings is 2. The lowest BCUT2D eigenvalue weighted by atomic mass is 9.95. The summed E-state index contributed by atoms with van der Waals surface area (Å²) in [6, 6.07) is 12.4. The summed E-state index contributed by atoms with van der Waals surface area (Å²) in [4.78, 5) is 39.1. The molecule has 1 aliphatic rings. The monoisotopic (exact) mass is 515 g/mol.